The molecule has 6 heteroatoms. The van der Waals surface area contributed by atoms with Gasteiger partial charge < -0.3 is 10.4 Å². The number of nitrogens with zero attached hydrogens (tertiary/aromatic N) is 3. The van der Waals surface area contributed by atoms with Crippen LogP contribution in [0.3, 0.4) is 0 Å². The number of carbonyl (C=O) groups is 1. The van der Waals surface area contributed by atoms with Crippen LogP contribution in [0.5, 0.6) is 0 Å². The van der Waals surface area contributed by atoms with E-state index in [-0.39, 0.29) is 5.56 Å². The SMILES string of the molecule is CCCCNc1c(C(=O)O)c(C)nc2c1cnn2CC. The molecule has 0 aromatic carbocycles. The van der Waals surface area contributed by atoms with E-state index in [1.165, 1.54) is 0 Å². The summed E-state index contributed by atoms with van der Waals surface area (Å²) in [6, 6.07) is 0. The van der Waals surface area contributed by atoms with Crippen LogP contribution in [0.2, 0.25) is 0 Å². The molecule has 0 saturated carbocycles. The summed E-state index contributed by atoms with van der Waals surface area (Å²) >= 11 is 0. The van der Waals surface area contributed by atoms with E-state index in [1.807, 2.05) is 6.92 Å². The Bertz CT molecular complexity index is 634. The molecule has 0 saturated heterocycles. The van der Waals surface area contributed by atoms with Crippen molar-refractivity contribution in [1.82, 2.24) is 14.8 Å². The summed E-state index contributed by atoms with van der Waals surface area (Å²) in [4.78, 5) is 15.9. The first kappa shape index (κ1) is 14.3. The second-order valence-electron chi connectivity index (χ2n) is 4.73. The van der Waals surface area contributed by atoms with Crippen LogP contribution in [0.25, 0.3) is 11.0 Å². The second-order valence-corrected chi connectivity index (χ2v) is 4.73. The summed E-state index contributed by atoms with van der Waals surface area (Å²) in [7, 11) is 0. The molecule has 0 unspecified atom stereocenters. The molecule has 0 aliphatic heterocycles. The molecule has 2 heterocycles. The average molecular weight is 276 g/mol. The molecule has 0 spiro atoms. The summed E-state index contributed by atoms with van der Waals surface area (Å²) in [6.07, 6.45) is 3.73. The number of nitrogens with one attached hydrogen (secondary N) is 1. The Balaban J connectivity index is 2.60. The van der Waals surface area contributed by atoms with Crippen molar-refractivity contribution in [2.75, 3.05) is 11.9 Å². The molecule has 2 aromatic heterocycles. The minimum absolute atomic E-state index is 0.240. The topological polar surface area (TPSA) is 80.0 Å². The van der Waals surface area contributed by atoms with Gasteiger partial charge in [0, 0.05) is 13.1 Å². The first-order valence-corrected chi connectivity index (χ1v) is 6.93. The van der Waals surface area contributed by atoms with Gasteiger partial charge in [-0.3, -0.25) is 0 Å². The quantitative estimate of drug-likeness (QED) is 0.793. The number of hydrogen-bond acceptors (Lipinski definition) is 4. The van der Waals surface area contributed by atoms with Crippen LogP contribution in [0.15, 0.2) is 6.20 Å². The van der Waals surface area contributed by atoms with E-state index in [2.05, 4.69) is 22.3 Å². The highest BCUT2D eigenvalue weighted by Crippen LogP contribution is 2.28. The Morgan fingerprint density at radius 3 is 2.80 bits per heavy atom. The van der Waals surface area contributed by atoms with Crippen LogP contribution < -0.4 is 5.32 Å². The molecular weight excluding hydrogens is 256 g/mol. The fraction of sp³-hybridized carbons (Fsp3) is 0.500. The number of carboxylic acid groups (broad SMARTS) is 1. The van der Waals surface area contributed by atoms with E-state index < -0.39 is 5.97 Å². The molecule has 0 bridgehead atoms. The summed E-state index contributed by atoms with van der Waals surface area (Å²) in [5.74, 6) is -0.958. The first-order valence-electron chi connectivity index (χ1n) is 6.93. The number of pyridine rings is 1. The molecule has 108 valence electrons. The number of unbranched alkanes of at least 4 members (excludes halogenated alkanes) is 1. The average Bonchev–Trinajstić information content (AvgIpc) is 2.80. The zero-order valence-electron chi connectivity index (χ0n) is 12.1. The van der Waals surface area contributed by atoms with Gasteiger partial charge in [-0.05, 0) is 20.3 Å². The Morgan fingerprint density at radius 2 is 2.20 bits per heavy atom. The molecular formula is C14H20N4O2. The van der Waals surface area contributed by atoms with Crippen LogP contribution in [0.4, 0.5) is 5.69 Å². The lowest BCUT2D eigenvalue weighted by atomic mass is 10.1. The van der Waals surface area contributed by atoms with Crippen molar-refractivity contribution in [2.24, 2.45) is 0 Å². The predicted molar refractivity (Wildman–Crippen MR) is 78.3 cm³/mol. The van der Waals surface area contributed by atoms with Gasteiger partial charge in [0.15, 0.2) is 5.65 Å². The van der Waals surface area contributed by atoms with Crippen LogP contribution in [-0.4, -0.2) is 32.4 Å². The first-order chi connectivity index (χ1) is 9.60. The fourth-order valence-corrected chi connectivity index (χ4v) is 2.27. The van der Waals surface area contributed by atoms with Crippen LogP contribution >= 0.6 is 0 Å². The largest absolute Gasteiger partial charge is 0.478 e. The zero-order chi connectivity index (χ0) is 14.7. The molecule has 0 aliphatic carbocycles. The van der Waals surface area contributed by atoms with Crippen molar-refractivity contribution in [3.8, 4) is 0 Å². The number of aromatic nitrogens is 3. The third-order valence-electron chi connectivity index (χ3n) is 3.31. The molecule has 0 atom stereocenters. The van der Waals surface area contributed by atoms with E-state index in [9.17, 15) is 9.90 Å². The van der Waals surface area contributed by atoms with E-state index in [0.29, 0.717) is 17.9 Å². The molecule has 0 amide bonds. The zero-order valence-corrected chi connectivity index (χ0v) is 12.1. The number of anilines is 1. The maximum absolute atomic E-state index is 11.5. The molecule has 20 heavy (non-hydrogen) atoms. The Labute approximate surface area is 117 Å². The van der Waals surface area contributed by atoms with Gasteiger partial charge in [-0.2, -0.15) is 5.10 Å². The number of carboxylic acids is 1. The van der Waals surface area contributed by atoms with E-state index in [4.69, 9.17) is 0 Å². The van der Waals surface area contributed by atoms with E-state index in [1.54, 1.807) is 17.8 Å². The van der Waals surface area contributed by atoms with Crippen LogP contribution in [-0.2, 0) is 6.54 Å². The van der Waals surface area contributed by atoms with Crippen molar-refractivity contribution >= 4 is 22.7 Å². The lowest BCUT2D eigenvalue weighted by Crippen LogP contribution is -2.11. The van der Waals surface area contributed by atoms with Gasteiger partial charge in [-0.25, -0.2) is 14.5 Å². The highest BCUT2D eigenvalue weighted by molar-refractivity contribution is 6.04. The van der Waals surface area contributed by atoms with Crippen LogP contribution in [0.1, 0.15) is 42.7 Å². The van der Waals surface area contributed by atoms with Crippen LogP contribution in [0, 0.1) is 6.92 Å². The van der Waals surface area contributed by atoms with Gasteiger partial charge in [0.2, 0.25) is 0 Å². The van der Waals surface area contributed by atoms with Gasteiger partial charge >= 0.3 is 5.97 Å². The van der Waals surface area contributed by atoms with Crippen molar-refractivity contribution < 1.29 is 9.90 Å². The maximum atomic E-state index is 11.5. The molecule has 2 aromatic rings. The standard InChI is InChI=1S/C14H20N4O2/c1-4-6-7-15-12-10-8-16-18(5-2)13(10)17-9(3)11(12)14(19)20/h8H,4-7H2,1-3H3,(H,15,17)(H,19,20). The normalized spacial score (nSPS) is 10.9. The van der Waals surface area contributed by atoms with Crippen molar-refractivity contribution in [3.05, 3.63) is 17.5 Å². The summed E-state index contributed by atoms with van der Waals surface area (Å²) in [6.45, 7) is 7.26. The van der Waals surface area contributed by atoms with Crippen molar-refractivity contribution in [3.63, 3.8) is 0 Å². The second kappa shape index (κ2) is 5.90. The molecule has 0 aliphatic rings. The minimum Gasteiger partial charge on any atom is -0.478 e. The highest BCUT2D eigenvalue weighted by atomic mass is 16.4. The molecule has 0 fully saturated rings. The smallest absolute Gasteiger partial charge is 0.339 e. The molecule has 6 nitrogen and oxygen atoms in total. The molecule has 2 N–H and O–H groups in total. The lowest BCUT2D eigenvalue weighted by Gasteiger charge is -2.12. The van der Waals surface area contributed by atoms with Gasteiger partial charge in [0.05, 0.1) is 23.0 Å². The van der Waals surface area contributed by atoms with E-state index in [0.717, 1.165) is 30.4 Å². The number of fused-ring (bicyclic) bond motifs is 1. The third kappa shape index (κ3) is 2.45. The van der Waals surface area contributed by atoms with Gasteiger partial charge in [-0.1, -0.05) is 13.3 Å². The monoisotopic (exact) mass is 276 g/mol. The Kier molecular flexibility index (Phi) is 4.22. The van der Waals surface area contributed by atoms with Crippen molar-refractivity contribution in [1.29, 1.82) is 0 Å². The maximum Gasteiger partial charge on any atom is 0.339 e. The van der Waals surface area contributed by atoms with E-state index >= 15 is 0 Å². The number of hydrogen-bond donors (Lipinski definition) is 2. The summed E-state index contributed by atoms with van der Waals surface area (Å²) in [5.41, 5.74) is 2.12. The number of aryl methyl sites for hydroxylation is 2. The van der Waals surface area contributed by atoms with Gasteiger partial charge in [0.1, 0.15) is 5.56 Å². The minimum atomic E-state index is -0.958. The lowest BCUT2D eigenvalue weighted by molar-refractivity contribution is 0.0697. The Morgan fingerprint density at radius 1 is 1.45 bits per heavy atom. The summed E-state index contributed by atoms with van der Waals surface area (Å²) < 4.78 is 1.78. The Hall–Kier alpha value is -2.11. The molecule has 0 radical (unpaired) electrons. The van der Waals surface area contributed by atoms with Gasteiger partial charge in [0.25, 0.3) is 0 Å². The highest BCUT2D eigenvalue weighted by Gasteiger charge is 2.20. The predicted octanol–water partition coefficient (Wildman–Crippen LogP) is 2.67. The summed E-state index contributed by atoms with van der Waals surface area (Å²) in [5, 5.41) is 17.7. The third-order valence-corrected chi connectivity index (χ3v) is 3.31. The number of rotatable bonds is 6. The number of aromatic carboxylic acids is 1. The molecule has 2 rings (SSSR count). The fourth-order valence-electron chi connectivity index (χ4n) is 2.27. The van der Waals surface area contributed by atoms with Crippen molar-refractivity contribution in [2.45, 2.75) is 40.2 Å². The van der Waals surface area contributed by atoms with Gasteiger partial charge in [-0.15, -0.1) is 0 Å².